The average Bonchev–Trinajstić information content (AvgIpc) is 2.54. The number of benzene rings is 2. The van der Waals surface area contributed by atoms with Gasteiger partial charge in [0, 0.05) is 18.0 Å². The Kier molecular flexibility index (Phi) is 3.92. The molecule has 1 amide bonds. The van der Waals surface area contributed by atoms with Gasteiger partial charge in [0.05, 0.1) is 11.2 Å². The van der Waals surface area contributed by atoms with Crippen molar-refractivity contribution in [2.75, 3.05) is 5.32 Å². The Morgan fingerprint density at radius 2 is 1.81 bits per heavy atom. The van der Waals surface area contributed by atoms with Crippen LogP contribution in [0.4, 0.5) is 5.69 Å². The molecule has 3 aromatic rings. The smallest absolute Gasteiger partial charge is 0.224 e. The second-order valence-corrected chi connectivity index (χ2v) is 4.91. The molecule has 0 unspecified atom stereocenters. The van der Waals surface area contributed by atoms with Gasteiger partial charge in [0.2, 0.25) is 5.91 Å². The van der Waals surface area contributed by atoms with Gasteiger partial charge in [-0.1, -0.05) is 36.4 Å². The van der Waals surface area contributed by atoms with E-state index >= 15 is 0 Å². The van der Waals surface area contributed by atoms with Crippen LogP contribution >= 0.6 is 0 Å². The molecule has 0 aliphatic carbocycles. The Morgan fingerprint density at radius 1 is 0.952 bits per heavy atom. The van der Waals surface area contributed by atoms with Crippen LogP contribution in [0, 0.1) is 0 Å². The molecular formula is C18H16N2O. The van der Waals surface area contributed by atoms with Crippen molar-refractivity contribution in [3.8, 4) is 0 Å². The SMILES string of the molecule is O=C(CCc1ccccc1)Nc1cccc2ncccc12. The molecule has 1 heterocycles. The summed E-state index contributed by atoms with van der Waals surface area (Å²) in [6.45, 7) is 0. The maximum Gasteiger partial charge on any atom is 0.224 e. The first-order valence-electron chi connectivity index (χ1n) is 7.00. The van der Waals surface area contributed by atoms with Crippen LogP contribution in [0.15, 0.2) is 66.9 Å². The summed E-state index contributed by atoms with van der Waals surface area (Å²) in [5, 5.41) is 3.94. The first-order chi connectivity index (χ1) is 10.3. The molecule has 1 aromatic heterocycles. The van der Waals surface area contributed by atoms with E-state index < -0.39 is 0 Å². The third kappa shape index (κ3) is 3.26. The number of hydrogen-bond donors (Lipinski definition) is 1. The van der Waals surface area contributed by atoms with Crippen LogP contribution in [-0.2, 0) is 11.2 Å². The molecule has 0 atom stereocenters. The van der Waals surface area contributed by atoms with Crippen molar-refractivity contribution in [2.24, 2.45) is 0 Å². The summed E-state index contributed by atoms with van der Waals surface area (Å²) in [5.41, 5.74) is 2.88. The van der Waals surface area contributed by atoms with Gasteiger partial charge in [0.1, 0.15) is 0 Å². The number of aromatic nitrogens is 1. The summed E-state index contributed by atoms with van der Waals surface area (Å²) in [5.74, 6) is 0.0233. The Labute approximate surface area is 123 Å². The molecule has 1 N–H and O–H groups in total. The lowest BCUT2D eigenvalue weighted by Gasteiger charge is -2.08. The van der Waals surface area contributed by atoms with Crippen LogP contribution in [0.2, 0.25) is 0 Å². The van der Waals surface area contributed by atoms with Gasteiger partial charge in [0.15, 0.2) is 0 Å². The van der Waals surface area contributed by atoms with Crippen LogP contribution in [0.3, 0.4) is 0 Å². The highest BCUT2D eigenvalue weighted by molar-refractivity contribution is 6.00. The lowest BCUT2D eigenvalue weighted by Crippen LogP contribution is -2.12. The molecule has 3 heteroatoms. The highest BCUT2D eigenvalue weighted by Gasteiger charge is 2.06. The van der Waals surface area contributed by atoms with E-state index in [9.17, 15) is 4.79 Å². The molecule has 0 spiro atoms. The predicted molar refractivity (Wildman–Crippen MR) is 85.1 cm³/mol. The fourth-order valence-corrected chi connectivity index (χ4v) is 2.33. The van der Waals surface area contributed by atoms with E-state index in [-0.39, 0.29) is 5.91 Å². The van der Waals surface area contributed by atoms with Gasteiger partial charge in [-0.3, -0.25) is 9.78 Å². The topological polar surface area (TPSA) is 42.0 Å². The first kappa shape index (κ1) is 13.3. The summed E-state index contributed by atoms with van der Waals surface area (Å²) in [6.07, 6.45) is 2.97. The van der Waals surface area contributed by atoms with E-state index in [1.165, 1.54) is 5.56 Å². The molecule has 0 aliphatic heterocycles. The zero-order chi connectivity index (χ0) is 14.5. The normalized spacial score (nSPS) is 10.5. The quantitative estimate of drug-likeness (QED) is 0.787. The third-order valence-electron chi connectivity index (χ3n) is 3.40. The minimum Gasteiger partial charge on any atom is -0.325 e. The van der Waals surface area contributed by atoms with Crippen molar-refractivity contribution >= 4 is 22.5 Å². The average molecular weight is 276 g/mol. The number of hydrogen-bond acceptors (Lipinski definition) is 2. The van der Waals surface area contributed by atoms with Crippen molar-refractivity contribution in [3.05, 3.63) is 72.4 Å². The Balaban J connectivity index is 1.69. The highest BCUT2D eigenvalue weighted by atomic mass is 16.1. The lowest BCUT2D eigenvalue weighted by molar-refractivity contribution is -0.116. The van der Waals surface area contributed by atoms with Crippen molar-refractivity contribution in [1.82, 2.24) is 4.98 Å². The van der Waals surface area contributed by atoms with Crippen molar-refractivity contribution < 1.29 is 4.79 Å². The maximum absolute atomic E-state index is 12.1. The first-order valence-corrected chi connectivity index (χ1v) is 7.00. The zero-order valence-electron chi connectivity index (χ0n) is 11.6. The second-order valence-electron chi connectivity index (χ2n) is 4.91. The predicted octanol–water partition coefficient (Wildman–Crippen LogP) is 3.81. The number of anilines is 1. The summed E-state index contributed by atoms with van der Waals surface area (Å²) in [7, 11) is 0. The molecule has 3 nitrogen and oxygen atoms in total. The number of amides is 1. The molecule has 0 bridgehead atoms. The van der Waals surface area contributed by atoms with E-state index in [2.05, 4.69) is 10.3 Å². The number of fused-ring (bicyclic) bond motifs is 1. The maximum atomic E-state index is 12.1. The molecule has 0 radical (unpaired) electrons. The number of nitrogens with zero attached hydrogens (tertiary/aromatic N) is 1. The number of carbonyl (C=O) groups is 1. The highest BCUT2D eigenvalue weighted by Crippen LogP contribution is 2.21. The van der Waals surface area contributed by atoms with Gasteiger partial charge in [0.25, 0.3) is 0 Å². The summed E-state index contributed by atoms with van der Waals surface area (Å²) >= 11 is 0. The third-order valence-corrected chi connectivity index (χ3v) is 3.40. The van der Waals surface area contributed by atoms with Gasteiger partial charge >= 0.3 is 0 Å². The number of carbonyl (C=O) groups excluding carboxylic acids is 1. The summed E-state index contributed by atoms with van der Waals surface area (Å²) in [6, 6.07) is 19.6. The van der Waals surface area contributed by atoms with Gasteiger partial charge < -0.3 is 5.32 Å². The van der Waals surface area contributed by atoms with Gasteiger partial charge in [-0.25, -0.2) is 0 Å². The molecular weight excluding hydrogens is 260 g/mol. The molecule has 2 aromatic carbocycles. The van der Waals surface area contributed by atoms with Gasteiger partial charge in [-0.2, -0.15) is 0 Å². The van der Waals surface area contributed by atoms with Gasteiger partial charge in [-0.05, 0) is 36.2 Å². The molecule has 0 saturated carbocycles. The van der Waals surface area contributed by atoms with Crippen LogP contribution in [0.25, 0.3) is 10.9 Å². The lowest BCUT2D eigenvalue weighted by atomic mass is 10.1. The minimum absolute atomic E-state index is 0.0233. The molecule has 0 aliphatic rings. The van der Waals surface area contributed by atoms with Crippen LogP contribution in [0.5, 0.6) is 0 Å². The van der Waals surface area contributed by atoms with Crippen LogP contribution < -0.4 is 5.32 Å². The molecule has 0 fully saturated rings. The zero-order valence-corrected chi connectivity index (χ0v) is 11.6. The number of rotatable bonds is 4. The van der Waals surface area contributed by atoms with E-state index in [1.807, 2.05) is 60.7 Å². The standard InChI is InChI=1S/C18H16N2O/c21-18(12-11-14-6-2-1-3-7-14)20-17-10-4-9-16-15(17)8-5-13-19-16/h1-10,13H,11-12H2,(H,20,21). The van der Waals surface area contributed by atoms with Crippen LogP contribution in [-0.4, -0.2) is 10.9 Å². The van der Waals surface area contributed by atoms with Gasteiger partial charge in [-0.15, -0.1) is 0 Å². The largest absolute Gasteiger partial charge is 0.325 e. The number of aryl methyl sites for hydroxylation is 1. The second kappa shape index (κ2) is 6.18. The Bertz CT molecular complexity index is 748. The Hall–Kier alpha value is -2.68. The van der Waals surface area contributed by atoms with E-state index in [0.717, 1.165) is 23.0 Å². The molecule has 104 valence electrons. The number of nitrogens with one attached hydrogen (secondary N) is 1. The monoisotopic (exact) mass is 276 g/mol. The van der Waals surface area contributed by atoms with Crippen molar-refractivity contribution in [1.29, 1.82) is 0 Å². The fourth-order valence-electron chi connectivity index (χ4n) is 2.33. The van der Waals surface area contributed by atoms with E-state index in [4.69, 9.17) is 0 Å². The fraction of sp³-hybridized carbons (Fsp3) is 0.111. The molecule has 3 rings (SSSR count). The minimum atomic E-state index is 0.0233. The Morgan fingerprint density at radius 3 is 2.67 bits per heavy atom. The van der Waals surface area contributed by atoms with E-state index in [0.29, 0.717) is 6.42 Å². The van der Waals surface area contributed by atoms with E-state index in [1.54, 1.807) is 6.20 Å². The van der Waals surface area contributed by atoms with Crippen molar-refractivity contribution in [2.45, 2.75) is 12.8 Å². The molecule has 0 saturated heterocycles. The molecule has 21 heavy (non-hydrogen) atoms. The van der Waals surface area contributed by atoms with Crippen LogP contribution in [0.1, 0.15) is 12.0 Å². The summed E-state index contributed by atoms with van der Waals surface area (Å²) in [4.78, 5) is 16.4. The number of pyridine rings is 1. The summed E-state index contributed by atoms with van der Waals surface area (Å²) < 4.78 is 0. The van der Waals surface area contributed by atoms with Crippen molar-refractivity contribution in [3.63, 3.8) is 0 Å².